The summed E-state index contributed by atoms with van der Waals surface area (Å²) in [7, 11) is 1.69. The van der Waals surface area contributed by atoms with Gasteiger partial charge in [0.25, 0.3) is 0 Å². The molecule has 3 aromatic rings. The number of aryl methyl sites for hydroxylation is 1. The molecule has 0 fully saturated rings. The van der Waals surface area contributed by atoms with Gasteiger partial charge in [-0.15, -0.1) is 0 Å². The van der Waals surface area contributed by atoms with Crippen LogP contribution in [0.5, 0.6) is 5.75 Å². The monoisotopic (exact) mass is 362 g/mol. The van der Waals surface area contributed by atoms with Crippen LogP contribution in [0.4, 0.5) is 11.6 Å². The summed E-state index contributed by atoms with van der Waals surface area (Å²) in [5.41, 5.74) is 2.54. The standard InChI is InChI=1S/C22H26N4O/c1-17-25-21(23-13-11-18-7-4-3-5-8-18)16-22(26-17)24-14-12-19-9-6-10-20(15-19)27-2/h3-10,15-16H,11-14H2,1-2H3,(H2,23,24,25,26). The zero-order valence-corrected chi connectivity index (χ0v) is 15.9. The molecule has 0 atom stereocenters. The third-order valence-electron chi connectivity index (χ3n) is 4.25. The van der Waals surface area contributed by atoms with Crippen LogP contribution in [0.1, 0.15) is 17.0 Å². The second-order valence-electron chi connectivity index (χ2n) is 6.38. The maximum Gasteiger partial charge on any atom is 0.131 e. The molecule has 0 aliphatic carbocycles. The van der Waals surface area contributed by atoms with Crippen molar-refractivity contribution in [3.05, 3.63) is 77.6 Å². The fourth-order valence-corrected chi connectivity index (χ4v) is 2.89. The Balaban J connectivity index is 1.51. The SMILES string of the molecule is COc1cccc(CCNc2cc(NCCc3ccccc3)nc(C)n2)c1. The van der Waals surface area contributed by atoms with E-state index in [0.29, 0.717) is 0 Å². The Bertz CT molecular complexity index is 852. The van der Waals surface area contributed by atoms with Crippen LogP contribution in [-0.2, 0) is 12.8 Å². The maximum absolute atomic E-state index is 5.27. The number of anilines is 2. The van der Waals surface area contributed by atoms with Crippen LogP contribution < -0.4 is 15.4 Å². The lowest BCUT2D eigenvalue weighted by Gasteiger charge is -2.11. The molecular weight excluding hydrogens is 336 g/mol. The minimum atomic E-state index is 0.753. The van der Waals surface area contributed by atoms with Crippen LogP contribution in [0.15, 0.2) is 60.7 Å². The first-order valence-corrected chi connectivity index (χ1v) is 9.23. The minimum absolute atomic E-state index is 0.753. The predicted octanol–water partition coefficient (Wildman–Crippen LogP) is 4.10. The molecule has 0 saturated carbocycles. The van der Waals surface area contributed by atoms with Gasteiger partial charge in [-0.25, -0.2) is 9.97 Å². The van der Waals surface area contributed by atoms with Crippen molar-refractivity contribution in [3.8, 4) is 5.75 Å². The third-order valence-corrected chi connectivity index (χ3v) is 4.25. The molecule has 3 rings (SSSR count). The molecule has 0 radical (unpaired) electrons. The number of aromatic nitrogens is 2. The van der Waals surface area contributed by atoms with Gasteiger partial charge in [0.2, 0.25) is 0 Å². The Labute approximate surface area is 160 Å². The lowest BCUT2D eigenvalue weighted by Crippen LogP contribution is -2.11. The van der Waals surface area contributed by atoms with Crippen LogP contribution in [0.2, 0.25) is 0 Å². The van der Waals surface area contributed by atoms with E-state index in [0.717, 1.165) is 49.1 Å². The maximum atomic E-state index is 5.27. The Morgan fingerprint density at radius 2 is 1.41 bits per heavy atom. The molecule has 27 heavy (non-hydrogen) atoms. The van der Waals surface area contributed by atoms with Crippen molar-refractivity contribution >= 4 is 11.6 Å². The van der Waals surface area contributed by atoms with E-state index in [1.807, 2.05) is 31.2 Å². The summed E-state index contributed by atoms with van der Waals surface area (Å²) < 4.78 is 5.27. The van der Waals surface area contributed by atoms with E-state index in [4.69, 9.17) is 4.74 Å². The number of hydrogen-bond acceptors (Lipinski definition) is 5. The van der Waals surface area contributed by atoms with Gasteiger partial charge in [0, 0.05) is 19.2 Å². The zero-order chi connectivity index (χ0) is 18.9. The first-order chi connectivity index (χ1) is 13.2. The molecule has 0 bridgehead atoms. The van der Waals surface area contributed by atoms with Crippen molar-refractivity contribution in [2.24, 2.45) is 0 Å². The molecule has 2 aromatic carbocycles. The molecule has 1 heterocycles. The first kappa shape index (κ1) is 18.7. The van der Waals surface area contributed by atoms with E-state index >= 15 is 0 Å². The van der Waals surface area contributed by atoms with Gasteiger partial charge in [0.1, 0.15) is 23.2 Å². The molecule has 0 unspecified atom stereocenters. The smallest absolute Gasteiger partial charge is 0.131 e. The van der Waals surface area contributed by atoms with Gasteiger partial charge in [-0.2, -0.15) is 0 Å². The van der Waals surface area contributed by atoms with Gasteiger partial charge in [0.05, 0.1) is 7.11 Å². The highest BCUT2D eigenvalue weighted by atomic mass is 16.5. The van der Waals surface area contributed by atoms with Crippen LogP contribution in [0, 0.1) is 6.92 Å². The van der Waals surface area contributed by atoms with Gasteiger partial charge >= 0.3 is 0 Å². The lowest BCUT2D eigenvalue weighted by molar-refractivity contribution is 0.414. The number of benzene rings is 2. The van der Waals surface area contributed by atoms with Gasteiger partial charge in [-0.3, -0.25) is 0 Å². The predicted molar refractivity (Wildman–Crippen MR) is 111 cm³/mol. The number of rotatable bonds is 9. The van der Waals surface area contributed by atoms with Gasteiger partial charge in [-0.1, -0.05) is 42.5 Å². The number of hydrogen-bond donors (Lipinski definition) is 2. The van der Waals surface area contributed by atoms with Crippen molar-refractivity contribution in [1.82, 2.24) is 9.97 Å². The van der Waals surface area contributed by atoms with Crippen LogP contribution in [-0.4, -0.2) is 30.2 Å². The molecule has 5 heteroatoms. The van der Waals surface area contributed by atoms with Crippen LogP contribution in [0.3, 0.4) is 0 Å². The summed E-state index contributed by atoms with van der Waals surface area (Å²) in [6.07, 6.45) is 1.86. The van der Waals surface area contributed by atoms with E-state index < -0.39 is 0 Å². The van der Waals surface area contributed by atoms with Crippen molar-refractivity contribution < 1.29 is 4.74 Å². The van der Waals surface area contributed by atoms with E-state index in [-0.39, 0.29) is 0 Å². The number of ether oxygens (including phenoxy) is 1. The van der Waals surface area contributed by atoms with Crippen molar-refractivity contribution in [3.63, 3.8) is 0 Å². The summed E-state index contributed by atoms with van der Waals surface area (Å²) in [6, 6.07) is 20.5. The highest BCUT2D eigenvalue weighted by Gasteiger charge is 2.03. The Hall–Kier alpha value is -3.08. The molecule has 0 aliphatic rings. The van der Waals surface area contributed by atoms with Crippen LogP contribution >= 0.6 is 0 Å². The van der Waals surface area contributed by atoms with Gasteiger partial charge in [-0.05, 0) is 43.0 Å². The summed E-state index contributed by atoms with van der Waals surface area (Å²) in [4.78, 5) is 8.95. The second-order valence-corrected chi connectivity index (χ2v) is 6.38. The average Bonchev–Trinajstić information content (AvgIpc) is 2.69. The molecule has 5 nitrogen and oxygen atoms in total. The largest absolute Gasteiger partial charge is 0.497 e. The molecule has 0 saturated heterocycles. The molecule has 140 valence electrons. The Morgan fingerprint density at radius 3 is 2.07 bits per heavy atom. The Kier molecular flexibility index (Phi) is 6.63. The normalized spacial score (nSPS) is 10.4. The summed E-state index contributed by atoms with van der Waals surface area (Å²) in [6.45, 7) is 3.55. The molecule has 0 amide bonds. The molecule has 0 aliphatic heterocycles. The van der Waals surface area contributed by atoms with Crippen molar-refractivity contribution in [1.29, 1.82) is 0 Å². The van der Waals surface area contributed by atoms with Gasteiger partial charge < -0.3 is 15.4 Å². The van der Waals surface area contributed by atoms with E-state index in [1.165, 1.54) is 11.1 Å². The highest BCUT2D eigenvalue weighted by molar-refractivity contribution is 5.47. The van der Waals surface area contributed by atoms with E-state index in [9.17, 15) is 0 Å². The van der Waals surface area contributed by atoms with Crippen molar-refractivity contribution in [2.75, 3.05) is 30.8 Å². The fourth-order valence-electron chi connectivity index (χ4n) is 2.89. The van der Waals surface area contributed by atoms with Gasteiger partial charge in [0.15, 0.2) is 0 Å². The summed E-state index contributed by atoms with van der Waals surface area (Å²) >= 11 is 0. The quantitative estimate of drug-likeness (QED) is 0.600. The summed E-state index contributed by atoms with van der Waals surface area (Å²) in [5, 5.41) is 6.78. The van der Waals surface area contributed by atoms with E-state index in [1.54, 1.807) is 7.11 Å². The second kappa shape index (κ2) is 9.57. The third kappa shape index (κ3) is 5.99. The number of methoxy groups -OCH3 is 1. The highest BCUT2D eigenvalue weighted by Crippen LogP contribution is 2.14. The van der Waals surface area contributed by atoms with Crippen LogP contribution in [0.25, 0.3) is 0 Å². The Morgan fingerprint density at radius 1 is 0.778 bits per heavy atom. The van der Waals surface area contributed by atoms with Crippen molar-refractivity contribution in [2.45, 2.75) is 19.8 Å². The van der Waals surface area contributed by atoms with E-state index in [2.05, 4.69) is 57.0 Å². The zero-order valence-electron chi connectivity index (χ0n) is 15.9. The number of nitrogens with one attached hydrogen (secondary N) is 2. The number of nitrogens with zero attached hydrogens (tertiary/aromatic N) is 2. The summed E-state index contributed by atoms with van der Waals surface area (Å²) in [5.74, 6) is 3.33. The average molecular weight is 362 g/mol. The minimum Gasteiger partial charge on any atom is -0.497 e. The first-order valence-electron chi connectivity index (χ1n) is 9.23. The molecule has 0 spiro atoms. The fraction of sp³-hybridized carbons (Fsp3) is 0.273. The molecule has 2 N–H and O–H groups in total. The lowest BCUT2D eigenvalue weighted by atomic mass is 10.1. The molecular formula is C22H26N4O. The molecule has 1 aromatic heterocycles. The topological polar surface area (TPSA) is 59.1 Å².